The average molecular weight is 292 g/mol. The van der Waals surface area contributed by atoms with Crippen LogP contribution in [0.4, 0.5) is 0 Å². The number of likely N-dealkylation sites (N-methyl/N-ethyl adjacent to an activating group) is 1. The molecule has 0 saturated heterocycles. The van der Waals surface area contributed by atoms with E-state index in [9.17, 15) is 0 Å². The number of benzene rings is 1. The van der Waals surface area contributed by atoms with E-state index in [1.807, 2.05) is 6.07 Å². The van der Waals surface area contributed by atoms with Crippen molar-refractivity contribution in [2.75, 3.05) is 39.4 Å². The van der Waals surface area contributed by atoms with Crippen LogP contribution in [0.25, 0.3) is 0 Å². The van der Waals surface area contributed by atoms with Crippen molar-refractivity contribution < 1.29 is 9.47 Å². The van der Waals surface area contributed by atoms with E-state index in [4.69, 9.17) is 9.47 Å². The second-order valence-electron chi connectivity index (χ2n) is 5.40. The molecule has 0 fully saturated rings. The molecule has 0 spiro atoms. The first-order valence-corrected chi connectivity index (χ1v) is 8.13. The van der Waals surface area contributed by atoms with Gasteiger partial charge in [0.15, 0.2) is 11.5 Å². The van der Waals surface area contributed by atoms with Crippen molar-refractivity contribution in [1.29, 1.82) is 0 Å². The van der Waals surface area contributed by atoms with E-state index in [0.29, 0.717) is 19.3 Å². The van der Waals surface area contributed by atoms with Gasteiger partial charge in [-0.25, -0.2) is 0 Å². The molecular formula is C17H28N2O2. The summed E-state index contributed by atoms with van der Waals surface area (Å²) in [5.74, 6) is 1.74. The summed E-state index contributed by atoms with van der Waals surface area (Å²) in [6.07, 6.45) is 1.14. The van der Waals surface area contributed by atoms with Crippen LogP contribution >= 0.6 is 0 Å². The van der Waals surface area contributed by atoms with Crippen molar-refractivity contribution in [3.63, 3.8) is 0 Å². The Kier molecular flexibility index (Phi) is 6.33. The molecule has 1 aromatic carbocycles. The Morgan fingerprint density at radius 2 is 1.81 bits per heavy atom. The molecule has 0 radical (unpaired) electrons. The average Bonchev–Trinajstić information content (AvgIpc) is 2.55. The van der Waals surface area contributed by atoms with E-state index < -0.39 is 0 Å². The van der Waals surface area contributed by atoms with E-state index in [2.05, 4.69) is 43.1 Å². The number of hydrogen-bond acceptors (Lipinski definition) is 4. The SMILES string of the molecule is CCCNC(CN(CC)CC)c1ccc2c(c1)OCCO2. The lowest BCUT2D eigenvalue weighted by molar-refractivity contribution is 0.171. The summed E-state index contributed by atoms with van der Waals surface area (Å²) >= 11 is 0. The van der Waals surface area contributed by atoms with Crippen LogP contribution in [0, 0.1) is 0 Å². The predicted molar refractivity (Wildman–Crippen MR) is 86.3 cm³/mol. The molecule has 1 aliphatic heterocycles. The molecule has 0 amide bonds. The lowest BCUT2D eigenvalue weighted by Gasteiger charge is -2.27. The fourth-order valence-corrected chi connectivity index (χ4v) is 2.62. The zero-order chi connectivity index (χ0) is 15.1. The van der Waals surface area contributed by atoms with Crippen LogP contribution in [0.2, 0.25) is 0 Å². The minimum Gasteiger partial charge on any atom is -0.486 e. The summed E-state index contributed by atoms with van der Waals surface area (Å²) in [6, 6.07) is 6.66. The molecule has 0 aliphatic carbocycles. The van der Waals surface area contributed by atoms with Crippen LogP contribution in [0.5, 0.6) is 11.5 Å². The molecule has 0 bridgehead atoms. The van der Waals surface area contributed by atoms with Gasteiger partial charge in [-0.2, -0.15) is 0 Å². The van der Waals surface area contributed by atoms with E-state index in [-0.39, 0.29) is 0 Å². The van der Waals surface area contributed by atoms with Gasteiger partial charge in [0.25, 0.3) is 0 Å². The zero-order valence-corrected chi connectivity index (χ0v) is 13.5. The van der Waals surface area contributed by atoms with Gasteiger partial charge in [-0.15, -0.1) is 0 Å². The highest BCUT2D eigenvalue weighted by atomic mass is 16.6. The van der Waals surface area contributed by atoms with E-state index in [1.54, 1.807) is 0 Å². The molecule has 4 heteroatoms. The number of ether oxygens (including phenoxy) is 2. The molecule has 0 aromatic heterocycles. The smallest absolute Gasteiger partial charge is 0.161 e. The molecule has 4 nitrogen and oxygen atoms in total. The molecule has 118 valence electrons. The standard InChI is InChI=1S/C17H28N2O2/c1-4-9-18-15(13-19(5-2)6-3)14-7-8-16-17(12-14)21-11-10-20-16/h7-8,12,15,18H,4-6,9-11,13H2,1-3H3. The molecule has 2 rings (SSSR count). The quantitative estimate of drug-likeness (QED) is 0.799. The van der Waals surface area contributed by atoms with Crippen LogP contribution in [-0.4, -0.2) is 44.3 Å². The number of rotatable bonds is 8. The lowest BCUT2D eigenvalue weighted by atomic mass is 10.0. The lowest BCUT2D eigenvalue weighted by Crippen LogP contribution is -2.35. The van der Waals surface area contributed by atoms with Crippen molar-refractivity contribution in [3.05, 3.63) is 23.8 Å². The van der Waals surface area contributed by atoms with E-state index >= 15 is 0 Å². The Hall–Kier alpha value is -1.26. The largest absolute Gasteiger partial charge is 0.486 e. The molecule has 21 heavy (non-hydrogen) atoms. The van der Waals surface area contributed by atoms with Crippen molar-refractivity contribution in [1.82, 2.24) is 10.2 Å². The maximum absolute atomic E-state index is 5.71. The fourth-order valence-electron chi connectivity index (χ4n) is 2.62. The van der Waals surface area contributed by atoms with Crippen molar-refractivity contribution >= 4 is 0 Å². The zero-order valence-electron chi connectivity index (χ0n) is 13.5. The second kappa shape index (κ2) is 8.25. The van der Waals surface area contributed by atoms with Gasteiger partial charge < -0.3 is 19.7 Å². The van der Waals surface area contributed by atoms with Crippen molar-refractivity contribution in [3.8, 4) is 11.5 Å². The molecule has 1 heterocycles. The van der Waals surface area contributed by atoms with Crippen molar-refractivity contribution in [2.24, 2.45) is 0 Å². The Morgan fingerprint density at radius 3 is 2.48 bits per heavy atom. The van der Waals surface area contributed by atoms with Crippen molar-refractivity contribution in [2.45, 2.75) is 33.2 Å². The summed E-state index contributed by atoms with van der Waals surface area (Å²) < 4.78 is 11.3. The first-order valence-electron chi connectivity index (χ1n) is 8.13. The van der Waals surface area contributed by atoms with Gasteiger partial charge >= 0.3 is 0 Å². The molecule has 1 aliphatic rings. The maximum atomic E-state index is 5.71. The number of hydrogen-bond donors (Lipinski definition) is 1. The number of fused-ring (bicyclic) bond motifs is 1. The second-order valence-corrected chi connectivity index (χ2v) is 5.40. The highest BCUT2D eigenvalue weighted by Gasteiger charge is 2.18. The maximum Gasteiger partial charge on any atom is 0.161 e. The Balaban J connectivity index is 2.14. The molecule has 1 unspecified atom stereocenters. The monoisotopic (exact) mass is 292 g/mol. The highest BCUT2D eigenvalue weighted by molar-refractivity contribution is 5.44. The van der Waals surface area contributed by atoms with Crippen LogP contribution in [0.15, 0.2) is 18.2 Å². The first kappa shape index (κ1) is 16.1. The molecular weight excluding hydrogens is 264 g/mol. The topological polar surface area (TPSA) is 33.7 Å². The Bertz CT molecular complexity index is 433. The third-order valence-electron chi connectivity index (χ3n) is 3.94. The van der Waals surface area contributed by atoms with Gasteiger partial charge in [-0.1, -0.05) is 26.8 Å². The van der Waals surface area contributed by atoms with Crippen LogP contribution in [0.3, 0.4) is 0 Å². The predicted octanol–water partition coefficient (Wildman–Crippen LogP) is 2.84. The molecule has 1 atom stereocenters. The minimum atomic E-state index is 0.334. The van der Waals surface area contributed by atoms with Crippen LogP contribution in [-0.2, 0) is 0 Å². The van der Waals surface area contributed by atoms with E-state index in [0.717, 1.165) is 44.1 Å². The summed E-state index contributed by atoms with van der Waals surface area (Å²) in [6.45, 7) is 12.1. The first-order chi connectivity index (χ1) is 10.3. The van der Waals surface area contributed by atoms with Gasteiger partial charge in [0.2, 0.25) is 0 Å². The Labute approximate surface area is 128 Å². The Morgan fingerprint density at radius 1 is 1.10 bits per heavy atom. The summed E-state index contributed by atoms with van der Waals surface area (Å²) in [4.78, 5) is 2.45. The van der Waals surface area contributed by atoms with E-state index in [1.165, 1.54) is 5.56 Å². The molecule has 1 N–H and O–H groups in total. The summed E-state index contributed by atoms with van der Waals surface area (Å²) in [5, 5.41) is 3.65. The summed E-state index contributed by atoms with van der Waals surface area (Å²) in [5.41, 5.74) is 1.28. The van der Waals surface area contributed by atoms with Gasteiger partial charge in [-0.05, 0) is 43.8 Å². The third-order valence-corrected chi connectivity index (χ3v) is 3.94. The van der Waals surface area contributed by atoms with Gasteiger partial charge in [-0.3, -0.25) is 0 Å². The highest BCUT2D eigenvalue weighted by Crippen LogP contribution is 2.32. The fraction of sp³-hybridized carbons (Fsp3) is 0.647. The normalized spacial score (nSPS) is 15.2. The molecule has 0 saturated carbocycles. The third kappa shape index (κ3) is 4.35. The number of nitrogens with zero attached hydrogens (tertiary/aromatic N) is 1. The summed E-state index contributed by atoms with van der Waals surface area (Å²) in [7, 11) is 0. The van der Waals surface area contributed by atoms with Gasteiger partial charge in [0.05, 0.1) is 0 Å². The van der Waals surface area contributed by atoms with Crippen LogP contribution < -0.4 is 14.8 Å². The van der Waals surface area contributed by atoms with Crippen LogP contribution in [0.1, 0.15) is 38.8 Å². The van der Waals surface area contributed by atoms with Gasteiger partial charge in [0.1, 0.15) is 13.2 Å². The van der Waals surface area contributed by atoms with Gasteiger partial charge in [0, 0.05) is 12.6 Å². The molecule has 1 aromatic rings. The minimum absolute atomic E-state index is 0.334. The number of nitrogens with one attached hydrogen (secondary N) is 1.